The predicted octanol–water partition coefficient (Wildman–Crippen LogP) is 5.77. The van der Waals surface area contributed by atoms with Gasteiger partial charge < -0.3 is 9.84 Å². The van der Waals surface area contributed by atoms with Crippen LogP contribution in [0.15, 0.2) is 78.9 Å². The molecule has 0 amide bonds. The number of likely N-dealkylation sites (tertiary alicyclic amines) is 1. The molecule has 3 aromatic carbocycles. The van der Waals surface area contributed by atoms with Crippen LogP contribution in [-0.2, 0) is 30.8 Å². The number of carboxylic acid groups (broad SMARTS) is 1. The zero-order valence-corrected chi connectivity index (χ0v) is 26.6. The van der Waals surface area contributed by atoms with Crippen molar-refractivity contribution in [3.05, 3.63) is 95.6 Å². The summed E-state index contributed by atoms with van der Waals surface area (Å²) in [5.41, 5.74) is 4.71. The van der Waals surface area contributed by atoms with E-state index in [2.05, 4.69) is 91.9 Å². The summed E-state index contributed by atoms with van der Waals surface area (Å²) in [4.78, 5) is 17.0. The third-order valence-electron chi connectivity index (χ3n) is 7.57. The number of benzene rings is 3. The molecule has 236 valence electrons. The van der Waals surface area contributed by atoms with Crippen LogP contribution in [0.25, 0.3) is 11.4 Å². The van der Waals surface area contributed by atoms with Crippen molar-refractivity contribution in [3.8, 4) is 17.1 Å². The molecule has 1 aliphatic heterocycles. The minimum absolute atomic E-state index is 0. The number of tetrazole rings is 1. The maximum atomic E-state index is 10.9. The van der Waals surface area contributed by atoms with Crippen molar-refractivity contribution in [2.75, 3.05) is 32.8 Å². The van der Waals surface area contributed by atoms with Crippen LogP contribution in [0.4, 0.5) is 0 Å². The Morgan fingerprint density at radius 1 is 0.841 bits per heavy atom. The number of rotatable bonds is 16. The average Bonchev–Trinajstić information content (AvgIpc) is 3.69. The number of hydrogen-bond donors (Lipinski definition) is 1. The summed E-state index contributed by atoms with van der Waals surface area (Å²) < 4.78 is 6.06. The predicted molar refractivity (Wildman–Crippen MR) is 176 cm³/mol. The number of hydrogen-bond acceptors (Lipinski definition) is 7. The first-order valence-corrected chi connectivity index (χ1v) is 14.9. The SMILES string of the molecule is Cl.Cl.O=C(O)Cn1nnc(-c2ccc(CN(CCCCOc3ccc(CN4CCCC4)cc3)CCc3ccccc3)cc2)n1. The van der Waals surface area contributed by atoms with Gasteiger partial charge in [-0.05, 0) is 85.8 Å². The number of ether oxygens (including phenoxy) is 1. The van der Waals surface area contributed by atoms with E-state index in [4.69, 9.17) is 9.84 Å². The van der Waals surface area contributed by atoms with Crippen LogP contribution < -0.4 is 4.74 Å². The van der Waals surface area contributed by atoms with Crippen LogP contribution >= 0.6 is 24.8 Å². The number of aromatic nitrogens is 4. The standard InChI is InChI=1S/C33H40N6O3.2ClH/c40-32(41)26-39-35-33(34-36-39)30-14-10-28(11-15-30)25-38(22-18-27-8-2-1-3-9-27)21-6-7-23-42-31-16-12-29(13-17-31)24-37-19-4-5-20-37;;/h1-3,8-17H,4-7,18-26H2,(H,40,41);2*1H. The number of halogens is 2. The van der Waals surface area contributed by atoms with E-state index in [1.54, 1.807) is 0 Å². The minimum Gasteiger partial charge on any atom is -0.494 e. The molecule has 1 aliphatic rings. The molecule has 0 radical (unpaired) electrons. The Labute approximate surface area is 272 Å². The second kappa shape index (κ2) is 18.3. The van der Waals surface area contributed by atoms with E-state index in [0.29, 0.717) is 12.4 Å². The lowest BCUT2D eigenvalue weighted by Gasteiger charge is -2.23. The van der Waals surface area contributed by atoms with Crippen LogP contribution in [0.3, 0.4) is 0 Å². The minimum atomic E-state index is -1.00. The Bertz CT molecular complexity index is 1380. The molecule has 0 unspecified atom stereocenters. The van der Waals surface area contributed by atoms with Crippen LogP contribution in [0.5, 0.6) is 5.75 Å². The normalized spacial score (nSPS) is 12.9. The molecule has 11 heteroatoms. The lowest BCUT2D eigenvalue weighted by Crippen LogP contribution is -2.27. The summed E-state index contributed by atoms with van der Waals surface area (Å²) in [6, 6.07) is 27.3. The molecular weight excluding hydrogens is 599 g/mol. The zero-order chi connectivity index (χ0) is 29.0. The van der Waals surface area contributed by atoms with Crippen LogP contribution in [0.2, 0.25) is 0 Å². The van der Waals surface area contributed by atoms with Gasteiger partial charge in [0.15, 0.2) is 6.54 Å². The highest BCUT2D eigenvalue weighted by Crippen LogP contribution is 2.18. The quantitative estimate of drug-likeness (QED) is 0.154. The van der Waals surface area contributed by atoms with Gasteiger partial charge in [0.05, 0.1) is 6.61 Å². The second-order valence-electron chi connectivity index (χ2n) is 10.9. The third kappa shape index (κ3) is 11.2. The topological polar surface area (TPSA) is 96.6 Å². The summed E-state index contributed by atoms with van der Waals surface area (Å²) in [6.45, 7) is 6.65. The van der Waals surface area contributed by atoms with Gasteiger partial charge in [0.1, 0.15) is 5.75 Å². The molecule has 0 aliphatic carbocycles. The molecule has 44 heavy (non-hydrogen) atoms. The fourth-order valence-electron chi connectivity index (χ4n) is 5.28. The number of carboxylic acids is 1. The number of carbonyl (C=O) groups is 1. The monoisotopic (exact) mass is 640 g/mol. The van der Waals surface area contributed by atoms with Gasteiger partial charge in [-0.2, -0.15) is 4.80 Å². The number of unbranched alkanes of at least 4 members (excludes halogenated alkanes) is 1. The molecule has 0 bridgehead atoms. The molecule has 1 aromatic heterocycles. The van der Waals surface area contributed by atoms with E-state index in [9.17, 15) is 4.79 Å². The zero-order valence-electron chi connectivity index (χ0n) is 25.0. The fourth-order valence-corrected chi connectivity index (χ4v) is 5.28. The number of aliphatic carboxylic acids is 1. The highest BCUT2D eigenvalue weighted by molar-refractivity contribution is 5.85. The van der Waals surface area contributed by atoms with Crippen molar-refractivity contribution in [1.29, 1.82) is 0 Å². The first-order chi connectivity index (χ1) is 20.6. The smallest absolute Gasteiger partial charge is 0.327 e. The summed E-state index contributed by atoms with van der Waals surface area (Å²) in [5.74, 6) is 0.363. The summed E-state index contributed by atoms with van der Waals surface area (Å²) in [6.07, 6.45) is 5.68. The Morgan fingerprint density at radius 3 is 2.25 bits per heavy atom. The van der Waals surface area contributed by atoms with Crippen molar-refractivity contribution in [1.82, 2.24) is 30.0 Å². The number of nitrogens with zero attached hydrogens (tertiary/aromatic N) is 6. The molecule has 1 fully saturated rings. The van der Waals surface area contributed by atoms with Gasteiger partial charge in [0, 0.05) is 25.2 Å². The molecule has 5 rings (SSSR count). The maximum Gasteiger partial charge on any atom is 0.327 e. The van der Waals surface area contributed by atoms with Crippen LogP contribution in [-0.4, -0.2) is 73.9 Å². The molecule has 0 spiro atoms. The molecule has 0 atom stereocenters. The third-order valence-corrected chi connectivity index (χ3v) is 7.57. The lowest BCUT2D eigenvalue weighted by atomic mass is 10.1. The largest absolute Gasteiger partial charge is 0.494 e. The van der Waals surface area contributed by atoms with E-state index in [-0.39, 0.29) is 31.4 Å². The van der Waals surface area contributed by atoms with E-state index in [0.717, 1.165) is 61.6 Å². The Balaban J connectivity index is 0.00000264. The Kier molecular flexibility index (Phi) is 14.6. The molecule has 2 heterocycles. The molecule has 0 saturated carbocycles. The molecule has 1 saturated heterocycles. The fraction of sp³-hybridized carbons (Fsp3) is 0.394. The summed E-state index contributed by atoms with van der Waals surface area (Å²) >= 11 is 0. The Morgan fingerprint density at radius 2 is 1.55 bits per heavy atom. The van der Waals surface area contributed by atoms with E-state index in [1.807, 2.05) is 12.1 Å². The summed E-state index contributed by atoms with van der Waals surface area (Å²) in [5, 5.41) is 20.9. The van der Waals surface area contributed by atoms with Crippen LogP contribution in [0, 0.1) is 0 Å². The van der Waals surface area contributed by atoms with Crippen molar-refractivity contribution in [2.24, 2.45) is 0 Å². The average molecular weight is 642 g/mol. The highest BCUT2D eigenvalue weighted by atomic mass is 35.5. The van der Waals surface area contributed by atoms with Crippen LogP contribution in [0.1, 0.15) is 42.4 Å². The maximum absolute atomic E-state index is 10.9. The van der Waals surface area contributed by atoms with Gasteiger partial charge in [-0.15, -0.1) is 35.0 Å². The Hall–Kier alpha value is -3.50. The first kappa shape index (κ1) is 35.0. The lowest BCUT2D eigenvalue weighted by molar-refractivity contribution is -0.138. The van der Waals surface area contributed by atoms with Gasteiger partial charge in [-0.1, -0.05) is 66.7 Å². The van der Waals surface area contributed by atoms with Crippen molar-refractivity contribution < 1.29 is 14.6 Å². The van der Waals surface area contributed by atoms with Gasteiger partial charge in [-0.3, -0.25) is 14.6 Å². The van der Waals surface area contributed by atoms with Gasteiger partial charge >= 0.3 is 5.97 Å². The molecule has 9 nitrogen and oxygen atoms in total. The van der Waals surface area contributed by atoms with E-state index < -0.39 is 5.97 Å². The van der Waals surface area contributed by atoms with E-state index in [1.165, 1.54) is 42.6 Å². The highest BCUT2D eigenvalue weighted by Gasteiger charge is 2.12. The van der Waals surface area contributed by atoms with Crippen molar-refractivity contribution in [3.63, 3.8) is 0 Å². The van der Waals surface area contributed by atoms with Gasteiger partial charge in [0.2, 0.25) is 5.82 Å². The summed E-state index contributed by atoms with van der Waals surface area (Å²) in [7, 11) is 0. The first-order valence-electron chi connectivity index (χ1n) is 14.9. The van der Waals surface area contributed by atoms with Crippen molar-refractivity contribution >= 4 is 30.8 Å². The molecule has 4 aromatic rings. The molecule has 1 N–H and O–H groups in total. The van der Waals surface area contributed by atoms with Crippen molar-refractivity contribution in [2.45, 2.75) is 51.7 Å². The molecular formula is C33H42Cl2N6O3. The van der Waals surface area contributed by atoms with E-state index >= 15 is 0 Å². The van der Waals surface area contributed by atoms with Gasteiger partial charge in [0.25, 0.3) is 0 Å². The van der Waals surface area contributed by atoms with Gasteiger partial charge in [-0.25, -0.2) is 0 Å². The second-order valence-corrected chi connectivity index (χ2v) is 10.9.